The number of hydrogen-bond donors (Lipinski definition) is 2. The molecule has 3 aromatic carbocycles. The maximum Gasteiger partial charge on any atom is 0.418 e. The second-order valence-electron chi connectivity index (χ2n) is 7.46. The molecule has 0 aliphatic carbocycles. The number of amides is 2. The zero-order chi connectivity index (χ0) is 25.0. The van der Waals surface area contributed by atoms with Crippen molar-refractivity contribution in [2.24, 2.45) is 0 Å². The molecule has 0 aliphatic heterocycles. The number of nitrogens with zero attached hydrogens (tertiary/aromatic N) is 3. The predicted octanol–water partition coefficient (Wildman–Crippen LogP) is 4.99. The molecule has 2 amide bonds. The van der Waals surface area contributed by atoms with Crippen LogP contribution in [0.15, 0.2) is 79.4 Å². The van der Waals surface area contributed by atoms with Gasteiger partial charge in [-0.2, -0.15) is 18.3 Å². The molecule has 7 nitrogen and oxygen atoms in total. The summed E-state index contributed by atoms with van der Waals surface area (Å²) < 4.78 is 55.7. The van der Waals surface area contributed by atoms with E-state index in [4.69, 9.17) is 0 Å². The molecule has 0 saturated heterocycles. The van der Waals surface area contributed by atoms with Crippen molar-refractivity contribution in [1.82, 2.24) is 14.8 Å². The van der Waals surface area contributed by atoms with Crippen LogP contribution in [0.1, 0.15) is 31.8 Å². The van der Waals surface area contributed by atoms with Crippen LogP contribution in [-0.2, 0) is 12.7 Å². The quantitative estimate of drug-likeness (QED) is 0.378. The second kappa shape index (κ2) is 9.75. The van der Waals surface area contributed by atoms with Crippen molar-refractivity contribution >= 4 is 23.2 Å². The standard InChI is InChI=1S/C24H17F4N5O2/c25-18-7-5-17(6-8-18)22(34)31-19-9-10-21(20(11-19)24(26,27)28)32-23(35)16-3-1-15(2-4-16)12-33-14-29-13-30-33/h1-11,13-14H,12H2,(H,31,34)(H,32,35). The zero-order valence-electron chi connectivity index (χ0n) is 17.9. The van der Waals surface area contributed by atoms with E-state index in [1.807, 2.05) is 0 Å². The highest BCUT2D eigenvalue weighted by molar-refractivity contribution is 6.06. The molecule has 0 aliphatic rings. The number of halogens is 4. The van der Waals surface area contributed by atoms with E-state index in [1.54, 1.807) is 16.8 Å². The van der Waals surface area contributed by atoms with Gasteiger partial charge in [0.05, 0.1) is 17.8 Å². The summed E-state index contributed by atoms with van der Waals surface area (Å²) in [4.78, 5) is 28.7. The summed E-state index contributed by atoms with van der Waals surface area (Å²) in [5.41, 5.74) is -0.676. The Hall–Kier alpha value is -4.54. The van der Waals surface area contributed by atoms with Gasteiger partial charge in [-0.25, -0.2) is 14.1 Å². The molecule has 0 atom stereocenters. The van der Waals surface area contributed by atoms with E-state index in [0.717, 1.165) is 29.8 Å². The van der Waals surface area contributed by atoms with Gasteiger partial charge >= 0.3 is 6.18 Å². The highest BCUT2D eigenvalue weighted by Crippen LogP contribution is 2.37. The predicted molar refractivity (Wildman–Crippen MR) is 119 cm³/mol. The third-order valence-electron chi connectivity index (χ3n) is 4.96. The van der Waals surface area contributed by atoms with E-state index in [9.17, 15) is 27.2 Å². The van der Waals surface area contributed by atoms with E-state index >= 15 is 0 Å². The van der Waals surface area contributed by atoms with Crippen LogP contribution in [0.2, 0.25) is 0 Å². The highest BCUT2D eigenvalue weighted by Gasteiger charge is 2.34. The first-order valence-corrected chi connectivity index (χ1v) is 10.2. The van der Waals surface area contributed by atoms with Crippen LogP contribution in [0.25, 0.3) is 0 Å². The number of hydrogen-bond acceptors (Lipinski definition) is 4. The molecule has 4 rings (SSSR count). The average molecular weight is 483 g/mol. The molecule has 11 heteroatoms. The van der Waals surface area contributed by atoms with Crippen LogP contribution in [0.3, 0.4) is 0 Å². The van der Waals surface area contributed by atoms with E-state index in [1.165, 1.54) is 43.0 Å². The fraction of sp³-hybridized carbons (Fsp3) is 0.0833. The Labute approximate surface area is 196 Å². The lowest BCUT2D eigenvalue weighted by Gasteiger charge is -2.16. The molecule has 0 spiro atoms. The molecule has 1 heterocycles. The maximum atomic E-state index is 13.7. The smallest absolute Gasteiger partial charge is 0.322 e. The van der Waals surface area contributed by atoms with Gasteiger partial charge in [0.25, 0.3) is 11.8 Å². The number of benzene rings is 3. The van der Waals surface area contributed by atoms with Crippen molar-refractivity contribution in [2.45, 2.75) is 12.7 Å². The van der Waals surface area contributed by atoms with Gasteiger partial charge < -0.3 is 10.6 Å². The zero-order valence-corrected chi connectivity index (χ0v) is 17.9. The lowest BCUT2D eigenvalue weighted by atomic mass is 10.1. The summed E-state index contributed by atoms with van der Waals surface area (Å²) in [6.45, 7) is 0.422. The van der Waals surface area contributed by atoms with E-state index in [0.29, 0.717) is 6.54 Å². The molecule has 0 unspecified atom stereocenters. The van der Waals surface area contributed by atoms with Crippen LogP contribution in [0.5, 0.6) is 0 Å². The van der Waals surface area contributed by atoms with Gasteiger partial charge in [0, 0.05) is 16.8 Å². The van der Waals surface area contributed by atoms with Crippen molar-refractivity contribution < 1.29 is 27.2 Å². The molecule has 2 N–H and O–H groups in total. The lowest BCUT2D eigenvalue weighted by Crippen LogP contribution is -2.18. The molecule has 1 aromatic heterocycles. The van der Waals surface area contributed by atoms with Crippen LogP contribution in [0, 0.1) is 5.82 Å². The second-order valence-corrected chi connectivity index (χ2v) is 7.46. The molecule has 0 bridgehead atoms. The number of anilines is 2. The molecule has 0 saturated carbocycles. The van der Waals surface area contributed by atoms with Crippen LogP contribution < -0.4 is 10.6 Å². The first kappa shape index (κ1) is 23.6. The summed E-state index contributed by atoms with van der Waals surface area (Å²) >= 11 is 0. The van der Waals surface area contributed by atoms with E-state index in [-0.39, 0.29) is 16.8 Å². The Morgan fingerprint density at radius 1 is 0.857 bits per heavy atom. The number of alkyl halides is 3. The van der Waals surface area contributed by atoms with E-state index < -0.39 is 35.1 Å². The third kappa shape index (κ3) is 5.88. The highest BCUT2D eigenvalue weighted by atomic mass is 19.4. The van der Waals surface area contributed by atoms with Crippen LogP contribution in [-0.4, -0.2) is 26.6 Å². The summed E-state index contributed by atoms with van der Waals surface area (Å²) in [5.74, 6) is -1.99. The fourth-order valence-corrected chi connectivity index (χ4v) is 3.23. The average Bonchev–Trinajstić information content (AvgIpc) is 3.33. The monoisotopic (exact) mass is 483 g/mol. The Bertz CT molecular complexity index is 1340. The van der Waals surface area contributed by atoms with Crippen LogP contribution in [0.4, 0.5) is 28.9 Å². The topological polar surface area (TPSA) is 88.9 Å². The number of nitrogens with one attached hydrogen (secondary N) is 2. The molecule has 35 heavy (non-hydrogen) atoms. The number of carbonyl (C=O) groups excluding carboxylic acids is 2. The molecular weight excluding hydrogens is 466 g/mol. The van der Waals surface area contributed by atoms with Gasteiger partial charge in [0.2, 0.25) is 0 Å². The van der Waals surface area contributed by atoms with E-state index in [2.05, 4.69) is 20.7 Å². The largest absolute Gasteiger partial charge is 0.418 e. The molecular formula is C24H17F4N5O2. The molecule has 178 valence electrons. The molecule has 0 radical (unpaired) electrons. The lowest BCUT2D eigenvalue weighted by molar-refractivity contribution is -0.136. The van der Waals surface area contributed by atoms with Crippen molar-refractivity contribution in [3.63, 3.8) is 0 Å². The Balaban J connectivity index is 1.50. The summed E-state index contributed by atoms with van der Waals surface area (Å²) in [6.07, 6.45) is -1.88. The van der Waals surface area contributed by atoms with Crippen molar-refractivity contribution in [2.75, 3.05) is 10.6 Å². The van der Waals surface area contributed by atoms with Gasteiger partial charge in [-0.15, -0.1) is 0 Å². The summed E-state index contributed by atoms with van der Waals surface area (Å²) in [5, 5.41) is 8.60. The molecule has 4 aromatic rings. The first-order valence-electron chi connectivity index (χ1n) is 10.2. The van der Waals surface area contributed by atoms with Crippen molar-refractivity contribution in [1.29, 1.82) is 0 Å². The third-order valence-corrected chi connectivity index (χ3v) is 4.96. The van der Waals surface area contributed by atoms with Gasteiger partial charge in [0.1, 0.15) is 18.5 Å². The molecule has 0 fully saturated rings. The SMILES string of the molecule is O=C(Nc1ccc(NC(=O)c2ccc(Cn3cncn3)cc2)c(C(F)(F)F)c1)c1ccc(F)cc1. The summed E-state index contributed by atoms with van der Waals surface area (Å²) in [7, 11) is 0. The normalized spacial score (nSPS) is 11.2. The van der Waals surface area contributed by atoms with Crippen LogP contribution >= 0.6 is 0 Å². The van der Waals surface area contributed by atoms with Gasteiger partial charge in [-0.3, -0.25) is 9.59 Å². The van der Waals surface area contributed by atoms with Crippen molar-refractivity contribution in [3.05, 3.63) is 107 Å². The minimum atomic E-state index is -4.80. The summed E-state index contributed by atoms with van der Waals surface area (Å²) in [6, 6.07) is 13.9. The number of rotatable bonds is 6. The maximum absolute atomic E-state index is 13.7. The van der Waals surface area contributed by atoms with Gasteiger partial charge in [-0.1, -0.05) is 12.1 Å². The van der Waals surface area contributed by atoms with Gasteiger partial charge in [-0.05, 0) is 60.2 Å². The number of carbonyl (C=O) groups is 2. The minimum absolute atomic E-state index is 0.0737. The van der Waals surface area contributed by atoms with Gasteiger partial charge in [0.15, 0.2) is 0 Å². The Morgan fingerprint density at radius 2 is 1.49 bits per heavy atom. The fourth-order valence-electron chi connectivity index (χ4n) is 3.23. The Morgan fingerprint density at radius 3 is 2.09 bits per heavy atom. The first-order chi connectivity index (χ1) is 16.7. The van der Waals surface area contributed by atoms with Crippen molar-refractivity contribution in [3.8, 4) is 0 Å². The number of aromatic nitrogens is 3. The Kier molecular flexibility index (Phi) is 6.58. The minimum Gasteiger partial charge on any atom is -0.322 e.